The van der Waals surface area contributed by atoms with Gasteiger partial charge in [0.15, 0.2) is 5.13 Å². The zero-order valence-electron chi connectivity index (χ0n) is 11.4. The zero-order chi connectivity index (χ0) is 16.1. The largest absolute Gasteiger partial charge is 0.337 e. The summed E-state index contributed by atoms with van der Waals surface area (Å²) in [5.74, 6) is -0.590. The first kappa shape index (κ1) is 16.3. The summed E-state index contributed by atoms with van der Waals surface area (Å²) in [5.41, 5.74) is 1.09. The van der Waals surface area contributed by atoms with E-state index < -0.39 is 5.91 Å². The number of hydrogen-bond donors (Lipinski definition) is 2. The Labute approximate surface area is 141 Å². The molecule has 0 saturated heterocycles. The van der Waals surface area contributed by atoms with Crippen molar-refractivity contribution in [2.45, 2.75) is 6.92 Å². The minimum absolute atomic E-state index is 0.108. The molecule has 112 valence electrons. The van der Waals surface area contributed by atoms with Gasteiger partial charge in [0.1, 0.15) is 11.6 Å². The number of nitriles is 1. The van der Waals surface area contributed by atoms with Crippen LogP contribution in [0.15, 0.2) is 35.4 Å². The molecule has 1 aromatic carbocycles. The van der Waals surface area contributed by atoms with Crippen molar-refractivity contribution >= 4 is 51.3 Å². The number of benzene rings is 1. The Hall–Kier alpha value is -2.07. The van der Waals surface area contributed by atoms with Crippen LogP contribution in [0.3, 0.4) is 0 Å². The number of aryl methyl sites for hydroxylation is 1. The van der Waals surface area contributed by atoms with Gasteiger partial charge in [-0.2, -0.15) is 5.26 Å². The van der Waals surface area contributed by atoms with Gasteiger partial charge < -0.3 is 10.6 Å². The van der Waals surface area contributed by atoms with Gasteiger partial charge in [0.2, 0.25) is 0 Å². The second-order valence-corrected chi connectivity index (χ2v) is 5.81. The lowest BCUT2D eigenvalue weighted by Gasteiger charge is -2.07. The summed E-state index contributed by atoms with van der Waals surface area (Å²) in [6.45, 7) is 1.85. The van der Waals surface area contributed by atoms with Crippen molar-refractivity contribution in [3.05, 3.63) is 51.1 Å². The van der Waals surface area contributed by atoms with Crippen LogP contribution >= 0.6 is 34.5 Å². The summed E-state index contributed by atoms with van der Waals surface area (Å²) in [5, 5.41) is 17.4. The average Bonchev–Trinajstić information content (AvgIpc) is 2.90. The van der Waals surface area contributed by atoms with Crippen molar-refractivity contribution in [1.82, 2.24) is 4.98 Å². The van der Waals surface area contributed by atoms with E-state index in [9.17, 15) is 4.79 Å². The van der Waals surface area contributed by atoms with Gasteiger partial charge in [-0.15, -0.1) is 11.3 Å². The van der Waals surface area contributed by atoms with Gasteiger partial charge in [0.05, 0.1) is 21.4 Å². The lowest BCUT2D eigenvalue weighted by Crippen LogP contribution is -2.14. The van der Waals surface area contributed by atoms with Crippen LogP contribution in [0.2, 0.25) is 10.0 Å². The van der Waals surface area contributed by atoms with Gasteiger partial charge >= 0.3 is 0 Å². The van der Waals surface area contributed by atoms with E-state index in [4.69, 9.17) is 28.5 Å². The molecule has 1 heterocycles. The van der Waals surface area contributed by atoms with Crippen LogP contribution in [-0.2, 0) is 4.79 Å². The molecule has 0 fully saturated rings. The van der Waals surface area contributed by atoms with Crippen LogP contribution in [0.4, 0.5) is 10.8 Å². The minimum atomic E-state index is -0.590. The van der Waals surface area contributed by atoms with Crippen LogP contribution < -0.4 is 10.6 Å². The molecule has 0 saturated carbocycles. The molecule has 0 bridgehead atoms. The van der Waals surface area contributed by atoms with Crippen LogP contribution in [0.5, 0.6) is 0 Å². The number of rotatable bonds is 4. The summed E-state index contributed by atoms with van der Waals surface area (Å²) in [6, 6.07) is 6.67. The molecule has 0 radical (unpaired) electrons. The highest BCUT2D eigenvalue weighted by molar-refractivity contribution is 7.13. The molecule has 0 spiro atoms. The number of anilines is 2. The Kier molecular flexibility index (Phi) is 5.39. The highest BCUT2D eigenvalue weighted by atomic mass is 35.5. The molecule has 2 rings (SSSR count). The lowest BCUT2D eigenvalue weighted by molar-refractivity contribution is -0.112. The molecule has 2 aromatic rings. The molecule has 22 heavy (non-hydrogen) atoms. The minimum Gasteiger partial charge on any atom is -0.337 e. The molecule has 0 aliphatic heterocycles. The van der Waals surface area contributed by atoms with Crippen molar-refractivity contribution in [2.24, 2.45) is 0 Å². The number of nitrogens with one attached hydrogen (secondary N) is 2. The first-order valence-corrected chi connectivity index (χ1v) is 7.69. The topological polar surface area (TPSA) is 77.8 Å². The van der Waals surface area contributed by atoms with E-state index >= 15 is 0 Å². The SMILES string of the molecule is Cc1csc(N/C=C(/C#N)C(=O)Nc2cccc(Cl)c2Cl)n1. The Bertz CT molecular complexity index is 779. The fourth-order valence-corrected chi connectivity index (χ4v) is 2.50. The second-order valence-electron chi connectivity index (χ2n) is 4.16. The first-order chi connectivity index (χ1) is 10.5. The predicted molar refractivity (Wildman–Crippen MR) is 89.3 cm³/mol. The standard InChI is InChI=1S/C14H10Cl2N4OS/c1-8-7-22-14(19-8)18-6-9(5-17)13(21)20-11-4-2-3-10(15)12(11)16/h2-4,6-7H,1H3,(H,18,19)(H,20,21)/b9-6-. The molecule has 2 N–H and O–H groups in total. The molecule has 0 aliphatic carbocycles. The molecule has 0 unspecified atom stereocenters. The highest BCUT2D eigenvalue weighted by Gasteiger charge is 2.12. The maximum atomic E-state index is 12.1. The summed E-state index contributed by atoms with van der Waals surface area (Å²) in [4.78, 5) is 16.2. The maximum Gasteiger partial charge on any atom is 0.267 e. The van der Waals surface area contributed by atoms with Gasteiger partial charge in [-0.1, -0.05) is 29.3 Å². The molecule has 8 heteroatoms. The number of nitrogens with zero attached hydrogens (tertiary/aromatic N) is 2. The molecular formula is C14H10Cl2N4OS. The number of aromatic nitrogens is 1. The number of amides is 1. The molecule has 0 atom stereocenters. The normalized spacial score (nSPS) is 10.9. The fourth-order valence-electron chi connectivity index (χ4n) is 1.49. The summed E-state index contributed by atoms with van der Waals surface area (Å²) in [6.07, 6.45) is 1.30. The molecule has 1 amide bonds. The van der Waals surface area contributed by atoms with E-state index in [0.717, 1.165) is 5.69 Å². The van der Waals surface area contributed by atoms with Gasteiger partial charge in [-0.3, -0.25) is 4.79 Å². The Morgan fingerprint density at radius 2 is 2.23 bits per heavy atom. The van der Waals surface area contributed by atoms with E-state index in [1.807, 2.05) is 18.4 Å². The van der Waals surface area contributed by atoms with Gasteiger partial charge in [0.25, 0.3) is 5.91 Å². The van der Waals surface area contributed by atoms with E-state index in [1.54, 1.807) is 18.2 Å². The Morgan fingerprint density at radius 3 is 2.86 bits per heavy atom. The average molecular weight is 353 g/mol. The maximum absolute atomic E-state index is 12.1. The van der Waals surface area contributed by atoms with Crippen molar-refractivity contribution in [3.8, 4) is 6.07 Å². The monoisotopic (exact) mass is 352 g/mol. The van der Waals surface area contributed by atoms with Crippen LogP contribution in [0.25, 0.3) is 0 Å². The quantitative estimate of drug-likeness (QED) is 0.637. The van der Waals surface area contributed by atoms with Gasteiger partial charge in [-0.25, -0.2) is 4.98 Å². The molecule has 5 nitrogen and oxygen atoms in total. The fraction of sp³-hybridized carbons (Fsp3) is 0.0714. The van der Waals surface area contributed by atoms with Crippen molar-refractivity contribution in [1.29, 1.82) is 5.26 Å². The molecule has 0 aliphatic rings. The van der Waals surface area contributed by atoms with E-state index in [0.29, 0.717) is 15.8 Å². The lowest BCUT2D eigenvalue weighted by atomic mass is 10.2. The Morgan fingerprint density at radius 1 is 1.45 bits per heavy atom. The van der Waals surface area contributed by atoms with Crippen LogP contribution in [0, 0.1) is 18.3 Å². The van der Waals surface area contributed by atoms with E-state index in [-0.39, 0.29) is 10.6 Å². The van der Waals surface area contributed by atoms with Gasteiger partial charge in [-0.05, 0) is 19.1 Å². The third-order valence-corrected chi connectivity index (χ3v) is 4.23. The highest BCUT2D eigenvalue weighted by Crippen LogP contribution is 2.29. The third kappa shape index (κ3) is 3.98. The molecular weight excluding hydrogens is 343 g/mol. The van der Waals surface area contributed by atoms with Crippen molar-refractivity contribution in [2.75, 3.05) is 10.6 Å². The number of carbonyl (C=O) groups excluding carboxylic acids is 1. The summed E-state index contributed by atoms with van der Waals surface area (Å²) < 4.78 is 0. The second kappa shape index (κ2) is 7.27. The summed E-state index contributed by atoms with van der Waals surface area (Å²) >= 11 is 13.2. The van der Waals surface area contributed by atoms with Crippen molar-refractivity contribution < 1.29 is 4.79 Å². The number of halogens is 2. The number of thiazole rings is 1. The van der Waals surface area contributed by atoms with Gasteiger partial charge in [0, 0.05) is 11.6 Å². The van der Waals surface area contributed by atoms with E-state index in [2.05, 4.69) is 15.6 Å². The molecule has 1 aromatic heterocycles. The smallest absolute Gasteiger partial charge is 0.267 e. The van der Waals surface area contributed by atoms with Crippen LogP contribution in [-0.4, -0.2) is 10.9 Å². The van der Waals surface area contributed by atoms with Crippen LogP contribution in [0.1, 0.15) is 5.69 Å². The Balaban J connectivity index is 2.12. The zero-order valence-corrected chi connectivity index (χ0v) is 13.7. The first-order valence-electron chi connectivity index (χ1n) is 6.05. The predicted octanol–water partition coefficient (Wildman–Crippen LogP) is 4.22. The third-order valence-electron chi connectivity index (χ3n) is 2.52. The van der Waals surface area contributed by atoms with Crippen molar-refractivity contribution in [3.63, 3.8) is 0 Å². The number of hydrogen-bond acceptors (Lipinski definition) is 5. The summed E-state index contributed by atoms with van der Waals surface area (Å²) in [7, 11) is 0. The number of carbonyl (C=O) groups is 1. The van der Waals surface area contributed by atoms with E-state index in [1.165, 1.54) is 17.5 Å².